The Labute approximate surface area is 111 Å². The van der Waals surface area contributed by atoms with Crippen LogP contribution < -0.4 is 0 Å². The van der Waals surface area contributed by atoms with E-state index in [1.165, 1.54) is 32.4 Å². The number of nitrogens with zero attached hydrogens (tertiary/aromatic N) is 2. The molecule has 0 amide bonds. The van der Waals surface area contributed by atoms with E-state index in [1.54, 1.807) is 0 Å². The van der Waals surface area contributed by atoms with Gasteiger partial charge in [-0.1, -0.05) is 6.42 Å². The molecule has 2 heterocycles. The summed E-state index contributed by atoms with van der Waals surface area (Å²) in [5, 5.41) is 8.88. The molecule has 0 saturated carbocycles. The smallest absolute Gasteiger partial charge is 0.0594 e. The van der Waals surface area contributed by atoms with Crippen LogP contribution in [-0.4, -0.2) is 73.5 Å². The van der Waals surface area contributed by atoms with Crippen molar-refractivity contribution >= 4 is 0 Å². The SMILES string of the molecule is OCCCCN1CCCCC1CN1CCOCC1. The molecule has 18 heavy (non-hydrogen) atoms. The molecule has 0 bridgehead atoms. The number of likely N-dealkylation sites (tertiary alicyclic amines) is 1. The summed E-state index contributed by atoms with van der Waals surface area (Å²) < 4.78 is 5.41. The highest BCUT2D eigenvalue weighted by molar-refractivity contribution is 4.80. The first-order chi connectivity index (χ1) is 8.90. The van der Waals surface area contributed by atoms with Gasteiger partial charge in [-0.05, 0) is 38.8 Å². The van der Waals surface area contributed by atoms with E-state index in [-0.39, 0.29) is 0 Å². The minimum atomic E-state index is 0.335. The second-order valence-electron chi connectivity index (χ2n) is 5.53. The zero-order valence-corrected chi connectivity index (χ0v) is 11.5. The molecule has 2 aliphatic heterocycles. The number of hydrogen-bond donors (Lipinski definition) is 1. The average Bonchev–Trinajstić information content (AvgIpc) is 2.42. The van der Waals surface area contributed by atoms with Gasteiger partial charge in [-0.3, -0.25) is 9.80 Å². The third kappa shape index (κ3) is 4.50. The molecule has 4 heteroatoms. The van der Waals surface area contributed by atoms with E-state index >= 15 is 0 Å². The number of unbranched alkanes of at least 4 members (excludes halogenated alkanes) is 1. The topological polar surface area (TPSA) is 35.9 Å². The van der Waals surface area contributed by atoms with Crippen molar-refractivity contribution in [2.45, 2.75) is 38.1 Å². The maximum absolute atomic E-state index is 8.88. The predicted octanol–water partition coefficient (Wildman–Crippen LogP) is 0.946. The van der Waals surface area contributed by atoms with Gasteiger partial charge in [0.1, 0.15) is 0 Å². The zero-order chi connectivity index (χ0) is 12.6. The molecule has 0 aromatic heterocycles. The van der Waals surface area contributed by atoms with Gasteiger partial charge in [0.15, 0.2) is 0 Å². The quantitative estimate of drug-likeness (QED) is 0.718. The summed E-state index contributed by atoms with van der Waals surface area (Å²) >= 11 is 0. The summed E-state index contributed by atoms with van der Waals surface area (Å²) in [6.07, 6.45) is 6.15. The third-order valence-corrected chi connectivity index (χ3v) is 4.18. The molecule has 1 unspecified atom stereocenters. The Bertz CT molecular complexity index is 220. The lowest BCUT2D eigenvalue weighted by Gasteiger charge is -2.39. The molecule has 0 aromatic carbocycles. The normalized spacial score (nSPS) is 27.5. The number of morpholine rings is 1. The number of aliphatic hydroxyl groups is 1. The molecule has 0 aromatic rings. The van der Waals surface area contributed by atoms with E-state index < -0.39 is 0 Å². The molecule has 1 atom stereocenters. The molecular formula is C14H28N2O2. The molecule has 0 radical (unpaired) electrons. The van der Waals surface area contributed by atoms with Crippen molar-refractivity contribution in [2.75, 3.05) is 52.5 Å². The van der Waals surface area contributed by atoms with Crippen LogP contribution in [0.25, 0.3) is 0 Å². The summed E-state index contributed by atoms with van der Waals surface area (Å²) in [7, 11) is 0. The Hall–Kier alpha value is -0.160. The van der Waals surface area contributed by atoms with Crippen molar-refractivity contribution in [3.05, 3.63) is 0 Å². The lowest BCUT2D eigenvalue weighted by Crippen LogP contribution is -2.49. The third-order valence-electron chi connectivity index (χ3n) is 4.18. The van der Waals surface area contributed by atoms with E-state index in [2.05, 4.69) is 9.80 Å². The second kappa shape index (κ2) is 8.10. The predicted molar refractivity (Wildman–Crippen MR) is 72.8 cm³/mol. The maximum Gasteiger partial charge on any atom is 0.0594 e. The highest BCUT2D eigenvalue weighted by Crippen LogP contribution is 2.19. The standard InChI is InChI=1S/C14H28N2O2/c17-10-4-3-7-16-6-2-1-5-14(16)13-15-8-11-18-12-9-15/h14,17H,1-13H2. The van der Waals surface area contributed by atoms with Gasteiger partial charge < -0.3 is 9.84 Å². The monoisotopic (exact) mass is 256 g/mol. The van der Waals surface area contributed by atoms with Crippen LogP contribution in [0.4, 0.5) is 0 Å². The number of aliphatic hydroxyl groups excluding tert-OH is 1. The molecule has 0 spiro atoms. The van der Waals surface area contributed by atoms with Gasteiger partial charge >= 0.3 is 0 Å². The van der Waals surface area contributed by atoms with Crippen LogP contribution >= 0.6 is 0 Å². The van der Waals surface area contributed by atoms with Gasteiger partial charge in [0.25, 0.3) is 0 Å². The Kier molecular flexibility index (Phi) is 6.41. The van der Waals surface area contributed by atoms with Crippen molar-refractivity contribution in [1.29, 1.82) is 0 Å². The summed E-state index contributed by atoms with van der Waals surface area (Å²) in [6.45, 7) is 7.96. The summed E-state index contributed by atoms with van der Waals surface area (Å²) in [5.41, 5.74) is 0. The highest BCUT2D eigenvalue weighted by atomic mass is 16.5. The Morgan fingerprint density at radius 1 is 1.06 bits per heavy atom. The van der Waals surface area contributed by atoms with Crippen LogP contribution in [0.5, 0.6) is 0 Å². The molecule has 1 N–H and O–H groups in total. The van der Waals surface area contributed by atoms with E-state index in [1.807, 2.05) is 0 Å². The summed E-state index contributed by atoms with van der Waals surface area (Å²) in [4.78, 5) is 5.20. The summed E-state index contributed by atoms with van der Waals surface area (Å²) in [6, 6.07) is 0.732. The molecule has 2 rings (SSSR count). The fourth-order valence-electron chi connectivity index (χ4n) is 3.07. The van der Waals surface area contributed by atoms with Crippen molar-refractivity contribution in [1.82, 2.24) is 9.80 Å². The number of rotatable bonds is 6. The molecular weight excluding hydrogens is 228 g/mol. The van der Waals surface area contributed by atoms with E-state index in [0.29, 0.717) is 6.61 Å². The van der Waals surface area contributed by atoms with Crippen molar-refractivity contribution in [3.8, 4) is 0 Å². The van der Waals surface area contributed by atoms with Gasteiger partial charge in [0.2, 0.25) is 0 Å². The lowest BCUT2D eigenvalue weighted by molar-refractivity contribution is 0.0163. The van der Waals surface area contributed by atoms with E-state index in [9.17, 15) is 0 Å². The second-order valence-corrected chi connectivity index (χ2v) is 5.53. The van der Waals surface area contributed by atoms with Crippen molar-refractivity contribution < 1.29 is 9.84 Å². The Morgan fingerprint density at radius 3 is 2.67 bits per heavy atom. The van der Waals surface area contributed by atoms with Gasteiger partial charge in [-0.15, -0.1) is 0 Å². The van der Waals surface area contributed by atoms with Crippen LogP contribution in [-0.2, 0) is 4.74 Å². The van der Waals surface area contributed by atoms with Gasteiger partial charge in [-0.2, -0.15) is 0 Å². The van der Waals surface area contributed by atoms with Gasteiger partial charge in [0, 0.05) is 32.3 Å². The molecule has 2 saturated heterocycles. The van der Waals surface area contributed by atoms with Crippen LogP contribution in [0.15, 0.2) is 0 Å². The molecule has 4 nitrogen and oxygen atoms in total. The molecule has 2 aliphatic rings. The van der Waals surface area contributed by atoms with Crippen LogP contribution in [0.2, 0.25) is 0 Å². The number of hydrogen-bond acceptors (Lipinski definition) is 4. The number of piperidine rings is 1. The maximum atomic E-state index is 8.88. The Balaban J connectivity index is 1.75. The van der Waals surface area contributed by atoms with Crippen LogP contribution in [0.1, 0.15) is 32.1 Å². The largest absolute Gasteiger partial charge is 0.396 e. The first-order valence-corrected chi connectivity index (χ1v) is 7.55. The first kappa shape index (κ1) is 14.3. The van der Waals surface area contributed by atoms with Gasteiger partial charge in [-0.25, -0.2) is 0 Å². The van der Waals surface area contributed by atoms with E-state index in [4.69, 9.17) is 9.84 Å². The van der Waals surface area contributed by atoms with Gasteiger partial charge in [0.05, 0.1) is 13.2 Å². The van der Waals surface area contributed by atoms with Crippen molar-refractivity contribution in [3.63, 3.8) is 0 Å². The summed E-state index contributed by atoms with van der Waals surface area (Å²) in [5.74, 6) is 0. The van der Waals surface area contributed by atoms with Crippen LogP contribution in [0.3, 0.4) is 0 Å². The first-order valence-electron chi connectivity index (χ1n) is 7.55. The molecule has 106 valence electrons. The highest BCUT2D eigenvalue weighted by Gasteiger charge is 2.24. The Morgan fingerprint density at radius 2 is 1.89 bits per heavy atom. The molecule has 0 aliphatic carbocycles. The fourth-order valence-corrected chi connectivity index (χ4v) is 3.07. The average molecular weight is 256 g/mol. The molecule has 2 fully saturated rings. The minimum absolute atomic E-state index is 0.335. The zero-order valence-electron chi connectivity index (χ0n) is 11.5. The minimum Gasteiger partial charge on any atom is -0.396 e. The lowest BCUT2D eigenvalue weighted by atomic mass is 10.0. The fraction of sp³-hybridized carbons (Fsp3) is 1.00. The van der Waals surface area contributed by atoms with Crippen LogP contribution in [0, 0.1) is 0 Å². The van der Waals surface area contributed by atoms with Crippen molar-refractivity contribution in [2.24, 2.45) is 0 Å². The van der Waals surface area contributed by atoms with E-state index in [0.717, 1.165) is 51.7 Å². The number of ether oxygens (including phenoxy) is 1.